The molecule has 31 heavy (non-hydrogen) atoms. The van der Waals surface area contributed by atoms with E-state index in [1.54, 1.807) is 18.2 Å². The molecule has 2 amide bonds. The average molecular weight is 426 g/mol. The Bertz CT molecular complexity index is 925. The van der Waals surface area contributed by atoms with Crippen LogP contribution in [0.15, 0.2) is 42.6 Å². The van der Waals surface area contributed by atoms with Crippen molar-refractivity contribution in [2.24, 2.45) is 5.92 Å². The minimum absolute atomic E-state index is 0.0324. The summed E-state index contributed by atoms with van der Waals surface area (Å²) in [7, 11) is 1.37. The Kier molecular flexibility index (Phi) is 7.15. The van der Waals surface area contributed by atoms with Gasteiger partial charge in [0.05, 0.1) is 7.11 Å². The molecule has 0 radical (unpaired) electrons. The van der Waals surface area contributed by atoms with E-state index in [2.05, 4.69) is 5.32 Å². The van der Waals surface area contributed by atoms with E-state index in [0.717, 1.165) is 18.4 Å². The quantitative estimate of drug-likeness (QED) is 0.721. The van der Waals surface area contributed by atoms with Crippen molar-refractivity contribution >= 4 is 17.8 Å². The van der Waals surface area contributed by atoms with Crippen LogP contribution in [0.1, 0.15) is 59.1 Å². The molecular weight excluding hydrogens is 394 g/mol. The third kappa shape index (κ3) is 5.16. The van der Waals surface area contributed by atoms with E-state index in [4.69, 9.17) is 4.74 Å². The second-order valence-corrected chi connectivity index (χ2v) is 8.41. The van der Waals surface area contributed by atoms with Crippen LogP contribution in [0.2, 0.25) is 0 Å². The molecule has 0 spiro atoms. The first kappa shape index (κ1) is 22.6. The molecule has 166 valence electrons. The van der Waals surface area contributed by atoms with Crippen molar-refractivity contribution in [2.75, 3.05) is 20.2 Å². The number of nitrogens with one attached hydrogen (secondary N) is 1. The molecule has 1 aliphatic rings. The molecule has 0 aliphatic carbocycles. The molecule has 1 atom stereocenters. The van der Waals surface area contributed by atoms with Gasteiger partial charge in [-0.3, -0.25) is 9.59 Å². The standard InChI is InChI=1S/C24H31N3O4/c1-16(2)21(25-22(28)18-9-7-17(3)8-10-18)23(29)26-14-11-19(12-15-26)27-13-5-6-20(27)24(30)31-4/h5-10,13,16,19,21H,11-12,14-15H2,1-4H3,(H,25,28). The number of piperidine rings is 1. The van der Waals surface area contributed by atoms with Gasteiger partial charge in [0, 0.05) is 30.9 Å². The lowest BCUT2D eigenvalue weighted by molar-refractivity contribution is -0.135. The fourth-order valence-corrected chi connectivity index (χ4v) is 3.99. The molecule has 0 bridgehead atoms. The molecule has 7 heteroatoms. The van der Waals surface area contributed by atoms with Gasteiger partial charge in [-0.1, -0.05) is 31.5 Å². The van der Waals surface area contributed by atoms with E-state index in [9.17, 15) is 14.4 Å². The highest BCUT2D eigenvalue weighted by molar-refractivity contribution is 5.97. The first-order chi connectivity index (χ1) is 14.8. The smallest absolute Gasteiger partial charge is 0.354 e. The number of methoxy groups -OCH3 is 1. The number of nitrogens with zero attached hydrogens (tertiary/aromatic N) is 2. The summed E-state index contributed by atoms with van der Waals surface area (Å²) in [6, 6.07) is 10.4. The lowest BCUT2D eigenvalue weighted by Crippen LogP contribution is -2.53. The number of aryl methyl sites for hydroxylation is 1. The van der Waals surface area contributed by atoms with Crippen LogP contribution in [0.3, 0.4) is 0 Å². The number of hydrogen-bond acceptors (Lipinski definition) is 4. The molecule has 2 heterocycles. The third-order valence-corrected chi connectivity index (χ3v) is 5.88. The molecule has 7 nitrogen and oxygen atoms in total. The van der Waals surface area contributed by atoms with Gasteiger partial charge in [0.25, 0.3) is 5.91 Å². The van der Waals surface area contributed by atoms with Gasteiger partial charge in [-0.05, 0) is 49.9 Å². The summed E-state index contributed by atoms with van der Waals surface area (Å²) in [6.07, 6.45) is 3.36. The number of hydrogen-bond donors (Lipinski definition) is 1. The van der Waals surface area contributed by atoms with Crippen LogP contribution in [0, 0.1) is 12.8 Å². The second-order valence-electron chi connectivity index (χ2n) is 8.41. The van der Waals surface area contributed by atoms with Crippen LogP contribution in [-0.2, 0) is 9.53 Å². The van der Waals surface area contributed by atoms with Crippen molar-refractivity contribution in [1.82, 2.24) is 14.8 Å². The predicted octanol–water partition coefficient (Wildman–Crippen LogP) is 3.20. The van der Waals surface area contributed by atoms with Crippen molar-refractivity contribution in [3.8, 4) is 0 Å². The lowest BCUT2D eigenvalue weighted by atomic mass is 9.98. The van der Waals surface area contributed by atoms with Gasteiger partial charge in [-0.25, -0.2) is 4.79 Å². The first-order valence-corrected chi connectivity index (χ1v) is 10.7. The Morgan fingerprint density at radius 3 is 2.29 bits per heavy atom. The maximum absolute atomic E-state index is 13.2. The number of amides is 2. The molecule has 0 saturated carbocycles. The highest BCUT2D eigenvalue weighted by atomic mass is 16.5. The average Bonchev–Trinajstić information content (AvgIpc) is 3.26. The van der Waals surface area contributed by atoms with Crippen LogP contribution >= 0.6 is 0 Å². The van der Waals surface area contributed by atoms with Gasteiger partial charge in [-0.2, -0.15) is 0 Å². The van der Waals surface area contributed by atoms with E-state index >= 15 is 0 Å². The number of likely N-dealkylation sites (tertiary alicyclic amines) is 1. The predicted molar refractivity (Wildman–Crippen MR) is 118 cm³/mol. The van der Waals surface area contributed by atoms with Crippen molar-refractivity contribution in [2.45, 2.75) is 45.7 Å². The summed E-state index contributed by atoms with van der Waals surface area (Å²) < 4.78 is 6.80. The second kappa shape index (κ2) is 9.81. The number of ether oxygens (including phenoxy) is 1. The van der Waals surface area contributed by atoms with Crippen molar-refractivity contribution < 1.29 is 19.1 Å². The highest BCUT2D eigenvalue weighted by Gasteiger charge is 2.32. The summed E-state index contributed by atoms with van der Waals surface area (Å²) in [5, 5.41) is 2.92. The molecule has 1 fully saturated rings. The van der Waals surface area contributed by atoms with Crippen LogP contribution in [-0.4, -0.2) is 53.5 Å². The van der Waals surface area contributed by atoms with Crippen LogP contribution in [0.4, 0.5) is 0 Å². The Morgan fingerprint density at radius 2 is 1.71 bits per heavy atom. The summed E-state index contributed by atoms with van der Waals surface area (Å²) in [5.74, 6) is -0.691. The number of esters is 1. The number of aromatic nitrogens is 1. The molecule has 3 rings (SSSR count). The minimum Gasteiger partial charge on any atom is -0.464 e. The zero-order valence-electron chi connectivity index (χ0n) is 18.6. The van der Waals surface area contributed by atoms with E-state index in [0.29, 0.717) is 24.3 Å². The number of rotatable bonds is 6. The fourth-order valence-electron chi connectivity index (χ4n) is 3.99. The Balaban J connectivity index is 1.64. The van der Waals surface area contributed by atoms with Gasteiger partial charge >= 0.3 is 5.97 Å². The Morgan fingerprint density at radius 1 is 1.06 bits per heavy atom. The van der Waals surface area contributed by atoms with Gasteiger partial charge < -0.3 is 19.5 Å². The zero-order valence-corrected chi connectivity index (χ0v) is 18.6. The van der Waals surface area contributed by atoms with Crippen molar-refractivity contribution in [3.05, 3.63) is 59.4 Å². The van der Waals surface area contributed by atoms with Gasteiger partial charge in [0.15, 0.2) is 0 Å². The summed E-state index contributed by atoms with van der Waals surface area (Å²) in [5.41, 5.74) is 2.15. The summed E-state index contributed by atoms with van der Waals surface area (Å²) in [6.45, 7) is 6.99. The Labute approximate surface area is 183 Å². The lowest BCUT2D eigenvalue weighted by Gasteiger charge is -2.36. The van der Waals surface area contributed by atoms with E-state index in [-0.39, 0.29) is 29.7 Å². The highest BCUT2D eigenvalue weighted by Crippen LogP contribution is 2.26. The first-order valence-electron chi connectivity index (χ1n) is 10.7. The minimum atomic E-state index is -0.581. The normalized spacial score (nSPS) is 15.6. The van der Waals surface area contributed by atoms with Gasteiger partial charge in [0.1, 0.15) is 11.7 Å². The molecule has 1 aromatic carbocycles. The molecule has 1 N–H and O–H groups in total. The summed E-state index contributed by atoms with van der Waals surface area (Å²) in [4.78, 5) is 39.7. The fraction of sp³-hybridized carbons (Fsp3) is 0.458. The monoisotopic (exact) mass is 425 g/mol. The van der Waals surface area contributed by atoms with Crippen LogP contribution in [0.5, 0.6) is 0 Å². The van der Waals surface area contributed by atoms with Crippen molar-refractivity contribution in [3.63, 3.8) is 0 Å². The van der Waals surface area contributed by atoms with Crippen LogP contribution < -0.4 is 5.32 Å². The molecular formula is C24H31N3O4. The maximum Gasteiger partial charge on any atom is 0.354 e. The zero-order chi connectivity index (χ0) is 22.5. The van der Waals surface area contributed by atoms with E-state index in [1.165, 1.54) is 7.11 Å². The topological polar surface area (TPSA) is 80.6 Å². The van der Waals surface area contributed by atoms with E-state index in [1.807, 2.05) is 54.6 Å². The maximum atomic E-state index is 13.2. The molecule has 1 aromatic heterocycles. The molecule has 1 saturated heterocycles. The number of carbonyl (C=O) groups excluding carboxylic acids is 3. The summed E-state index contributed by atoms with van der Waals surface area (Å²) >= 11 is 0. The Hall–Kier alpha value is -3.09. The number of benzene rings is 1. The van der Waals surface area contributed by atoms with E-state index < -0.39 is 6.04 Å². The van der Waals surface area contributed by atoms with Crippen molar-refractivity contribution in [1.29, 1.82) is 0 Å². The SMILES string of the molecule is COC(=O)c1cccn1C1CCN(C(=O)C(NC(=O)c2ccc(C)cc2)C(C)C)CC1. The largest absolute Gasteiger partial charge is 0.464 e. The molecule has 1 aliphatic heterocycles. The van der Waals surface area contributed by atoms with Crippen LogP contribution in [0.25, 0.3) is 0 Å². The third-order valence-electron chi connectivity index (χ3n) is 5.88. The molecule has 1 unspecified atom stereocenters. The number of carbonyl (C=O) groups is 3. The van der Waals surface area contributed by atoms with Gasteiger partial charge in [-0.15, -0.1) is 0 Å². The van der Waals surface area contributed by atoms with Gasteiger partial charge in [0.2, 0.25) is 5.91 Å². The molecule has 2 aromatic rings.